The fraction of sp³-hybridized carbons (Fsp3) is 0.571. The molecule has 0 amide bonds. The minimum Gasteiger partial charge on any atom is -0.419 e. The largest absolute Gasteiger partial charge is 0.419 e. The minimum atomic E-state index is 0.615. The number of hydrogen-bond acceptors (Lipinski definition) is 6. The molecule has 1 aliphatic heterocycles. The SMILES string of the molecule is CNCC1CCCN(Cc2nnc(-c3ccc(Br)s3)o2)C1. The van der Waals surface area contributed by atoms with E-state index in [0.29, 0.717) is 11.8 Å². The van der Waals surface area contributed by atoms with Crippen LogP contribution in [0.2, 0.25) is 0 Å². The Labute approximate surface area is 136 Å². The highest BCUT2D eigenvalue weighted by Gasteiger charge is 2.21. The van der Waals surface area contributed by atoms with E-state index in [1.165, 1.54) is 12.8 Å². The lowest BCUT2D eigenvalue weighted by atomic mass is 9.98. The molecule has 3 heterocycles. The average molecular weight is 371 g/mol. The van der Waals surface area contributed by atoms with Gasteiger partial charge < -0.3 is 9.73 Å². The van der Waals surface area contributed by atoms with E-state index in [1.54, 1.807) is 11.3 Å². The molecular formula is C14H19BrN4OS. The smallest absolute Gasteiger partial charge is 0.257 e. The Balaban J connectivity index is 1.61. The second kappa shape index (κ2) is 7.00. The Morgan fingerprint density at radius 2 is 2.38 bits per heavy atom. The predicted octanol–water partition coefficient (Wildman–Crippen LogP) is 2.99. The summed E-state index contributed by atoms with van der Waals surface area (Å²) in [5, 5.41) is 11.6. The van der Waals surface area contributed by atoms with Crippen molar-refractivity contribution in [1.29, 1.82) is 0 Å². The second-order valence-corrected chi connectivity index (χ2v) is 7.87. The molecule has 0 radical (unpaired) electrons. The van der Waals surface area contributed by atoms with Crippen molar-refractivity contribution in [3.63, 3.8) is 0 Å². The van der Waals surface area contributed by atoms with Crippen LogP contribution < -0.4 is 5.32 Å². The van der Waals surface area contributed by atoms with E-state index < -0.39 is 0 Å². The molecule has 0 aliphatic carbocycles. The molecule has 2 aromatic rings. The molecule has 0 saturated carbocycles. The topological polar surface area (TPSA) is 54.2 Å². The van der Waals surface area contributed by atoms with Crippen LogP contribution in [0.3, 0.4) is 0 Å². The van der Waals surface area contributed by atoms with Crippen LogP contribution in [0.4, 0.5) is 0 Å². The molecule has 7 heteroatoms. The Morgan fingerprint density at radius 3 is 3.14 bits per heavy atom. The molecule has 0 spiro atoms. The molecule has 0 aromatic carbocycles. The van der Waals surface area contributed by atoms with Gasteiger partial charge in [0.2, 0.25) is 5.89 Å². The van der Waals surface area contributed by atoms with Gasteiger partial charge in [-0.2, -0.15) is 0 Å². The lowest BCUT2D eigenvalue weighted by molar-refractivity contribution is 0.154. The van der Waals surface area contributed by atoms with Crippen molar-refractivity contribution < 1.29 is 4.42 Å². The standard InChI is InChI=1S/C14H19BrN4OS/c1-16-7-10-3-2-6-19(8-10)9-13-17-18-14(20-13)11-4-5-12(15)21-11/h4-5,10,16H,2-3,6-9H2,1H3. The Bertz CT molecular complexity index is 583. The Kier molecular flexibility index (Phi) is 5.05. The number of rotatable bonds is 5. The van der Waals surface area contributed by atoms with E-state index in [2.05, 4.69) is 36.3 Å². The summed E-state index contributed by atoms with van der Waals surface area (Å²) in [6, 6.07) is 3.99. The van der Waals surface area contributed by atoms with E-state index in [0.717, 1.165) is 40.8 Å². The first-order valence-corrected chi connectivity index (χ1v) is 8.80. The molecule has 5 nitrogen and oxygen atoms in total. The third-order valence-electron chi connectivity index (χ3n) is 3.71. The van der Waals surface area contributed by atoms with Gasteiger partial charge in [0.05, 0.1) is 15.2 Å². The first-order chi connectivity index (χ1) is 10.2. The van der Waals surface area contributed by atoms with Gasteiger partial charge in [0, 0.05) is 6.54 Å². The summed E-state index contributed by atoms with van der Waals surface area (Å²) in [5.41, 5.74) is 0. The molecule has 1 unspecified atom stereocenters. The van der Waals surface area contributed by atoms with Crippen LogP contribution in [0, 0.1) is 5.92 Å². The van der Waals surface area contributed by atoms with Gasteiger partial charge in [-0.25, -0.2) is 0 Å². The minimum absolute atomic E-state index is 0.615. The molecule has 1 atom stereocenters. The number of halogens is 1. The highest BCUT2D eigenvalue weighted by molar-refractivity contribution is 9.11. The monoisotopic (exact) mass is 370 g/mol. The lowest BCUT2D eigenvalue weighted by Crippen LogP contribution is -2.38. The number of thiophene rings is 1. The van der Waals surface area contributed by atoms with Crippen molar-refractivity contribution in [2.75, 3.05) is 26.7 Å². The van der Waals surface area contributed by atoms with Gasteiger partial charge in [0.15, 0.2) is 0 Å². The van der Waals surface area contributed by atoms with Crippen LogP contribution in [0.15, 0.2) is 20.3 Å². The molecule has 114 valence electrons. The summed E-state index contributed by atoms with van der Waals surface area (Å²) in [5.74, 6) is 2.04. The third kappa shape index (κ3) is 3.91. The molecule has 1 saturated heterocycles. The van der Waals surface area contributed by atoms with Crippen LogP contribution >= 0.6 is 27.3 Å². The van der Waals surface area contributed by atoms with Crippen molar-refractivity contribution in [3.8, 4) is 10.8 Å². The summed E-state index contributed by atoms with van der Waals surface area (Å²) in [7, 11) is 2.02. The maximum atomic E-state index is 5.79. The van der Waals surface area contributed by atoms with Crippen molar-refractivity contribution in [2.24, 2.45) is 5.92 Å². The Morgan fingerprint density at radius 1 is 1.48 bits per heavy atom. The fourth-order valence-electron chi connectivity index (χ4n) is 2.79. The lowest BCUT2D eigenvalue weighted by Gasteiger charge is -2.31. The Hall–Kier alpha value is -0.760. The predicted molar refractivity (Wildman–Crippen MR) is 87.2 cm³/mol. The van der Waals surface area contributed by atoms with Crippen molar-refractivity contribution in [1.82, 2.24) is 20.4 Å². The molecular weight excluding hydrogens is 352 g/mol. The number of aromatic nitrogens is 2. The van der Waals surface area contributed by atoms with Crippen LogP contribution in [0.5, 0.6) is 0 Å². The molecule has 2 aromatic heterocycles. The number of nitrogens with one attached hydrogen (secondary N) is 1. The maximum Gasteiger partial charge on any atom is 0.257 e. The van der Waals surface area contributed by atoms with Crippen LogP contribution in [0.25, 0.3) is 10.8 Å². The normalized spacial score (nSPS) is 20.0. The maximum absolute atomic E-state index is 5.79. The van der Waals surface area contributed by atoms with Crippen LogP contribution in [-0.2, 0) is 6.54 Å². The molecule has 1 aliphatic rings. The molecule has 21 heavy (non-hydrogen) atoms. The van der Waals surface area contributed by atoms with Crippen molar-refractivity contribution in [3.05, 3.63) is 21.8 Å². The fourth-order valence-corrected chi connectivity index (χ4v) is 4.10. The van der Waals surface area contributed by atoms with Gasteiger partial charge in [0.25, 0.3) is 5.89 Å². The molecule has 0 bridgehead atoms. The molecule has 1 fully saturated rings. The van der Waals surface area contributed by atoms with E-state index in [-0.39, 0.29) is 0 Å². The zero-order chi connectivity index (χ0) is 14.7. The zero-order valence-electron chi connectivity index (χ0n) is 12.0. The van der Waals surface area contributed by atoms with E-state index in [1.807, 2.05) is 19.2 Å². The van der Waals surface area contributed by atoms with Gasteiger partial charge in [-0.15, -0.1) is 21.5 Å². The first kappa shape index (κ1) is 15.1. The third-order valence-corrected chi connectivity index (χ3v) is 5.32. The summed E-state index contributed by atoms with van der Waals surface area (Å²) in [6.45, 7) is 4.04. The van der Waals surface area contributed by atoms with Gasteiger partial charge in [0.1, 0.15) is 0 Å². The number of hydrogen-bond donors (Lipinski definition) is 1. The van der Waals surface area contributed by atoms with Crippen LogP contribution in [-0.4, -0.2) is 41.8 Å². The average Bonchev–Trinajstić information content (AvgIpc) is 3.09. The molecule has 3 rings (SSSR count). The number of nitrogens with zero attached hydrogens (tertiary/aromatic N) is 3. The highest BCUT2D eigenvalue weighted by Crippen LogP contribution is 2.30. The summed E-state index contributed by atoms with van der Waals surface area (Å²) in [4.78, 5) is 3.42. The van der Waals surface area contributed by atoms with Crippen LogP contribution in [0.1, 0.15) is 18.7 Å². The summed E-state index contributed by atoms with van der Waals surface area (Å²) in [6.07, 6.45) is 2.54. The van der Waals surface area contributed by atoms with E-state index >= 15 is 0 Å². The van der Waals surface area contributed by atoms with Gasteiger partial charge in [-0.3, -0.25) is 4.90 Å². The quantitative estimate of drug-likeness (QED) is 0.876. The van der Waals surface area contributed by atoms with E-state index in [4.69, 9.17) is 4.42 Å². The van der Waals surface area contributed by atoms with Gasteiger partial charge in [-0.1, -0.05) is 0 Å². The first-order valence-electron chi connectivity index (χ1n) is 7.19. The summed E-state index contributed by atoms with van der Waals surface area (Å²) < 4.78 is 6.86. The number of likely N-dealkylation sites (tertiary alicyclic amines) is 1. The van der Waals surface area contributed by atoms with E-state index in [9.17, 15) is 0 Å². The summed E-state index contributed by atoms with van der Waals surface area (Å²) >= 11 is 5.06. The van der Waals surface area contributed by atoms with Gasteiger partial charge in [-0.05, 0) is 67.0 Å². The van der Waals surface area contributed by atoms with Gasteiger partial charge >= 0.3 is 0 Å². The van der Waals surface area contributed by atoms with Crippen molar-refractivity contribution >= 4 is 27.3 Å². The zero-order valence-corrected chi connectivity index (χ0v) is 14.4. The highest BCUT2D eigenvalue weighted by atomic mass is 79.9. The molecule has 1 N–H and O–H groups in total. The van der Waals surface area contributed by atoms with Crippen molar-refractivity contribution in [2.45, 2.75) is 19.4 Å². The number of piperidine rings is 1. The second-order valence-electron chi connectivity index (χ2n) is 5.41.